The molecule has 0 aromatic heterocycles. The van der Waals surface area contributed by atoms with Gasteiger partial charge in [-0.1, -0.05) is 158 Å². The van der Waals surface area contributed by atoms with Gasteiger partial charge in [0.15, 0.2) is 0 Å². The largest absolute Gasteiger partial charge is 0.345 e. The van der Waals surface area contributed by atoms with E-state index in [1.807, 2.05) is 12.1 Å². The summed E-state index contributed by atoms with van der Waals surface area (Å²) in [4.78, 5) is 4.62. The van der Waals surface area contributed by atoms with E-state index in [0.29, 0.717) is 0 Å². The van der Waals surface area contributed by atoms with Crippen molar-refractivity contribution in [3.05, 3.63) is 240 Å². The molecule has 0 saturated heterocycles. The summed E-state index contributed by atoms with van der Waals surface area (Å²) in [5.41, 5.74) is 16.9. The lowest BCUT2D eigenvalue weighted by atomic mass is 9.69. The maximum Gasteiger partial charge on any atom is 0.0722 e. The second kappa shape index (κ2) is 14.1. The Balaban J connectivity index is 0.000000232. The van der Waals surface area contributed by atoms with Crippen LogP contribution in [0.25, 0.3) is 27.5 Å². The van der Waals surface area contributed by atoms with Crippen LogP contribution in [0.4, 0.5) is 28.4 Å². The van der Waals surface area contributed by atoms with Crippen LogP contribution in [-0.4, -0.2) is 7.05 Å². The SMILES string of the molecule is C1=CC2=C(CC1)c1ccccc1C21c2ccccc2-c2c(N(c3ccccc3)c3ccc4ccccc4c3)cccc21.CN(c1ccccc1)c1ccccc1. The van der Waals surface area contributed by atoms with Crippen LogP contribution in [0.5, 0.6) is 0 Å². The molecule has 1 unspecified atom stereocenters. The Kier molecular flexibility index (Phi) is 8.45. The second-order valence-electron chi connectivity index (χ2n) is 14.8. The Morgan fingerprint density at radius 2 is 1.00 bits per heavy atom. The van der Waals surface area contributed by atoms with Crippen molar-refractivity contribution in [1.29, 1.82) is 0 Å². The molecular formula is C54H42N2. The highest BCUT2D eigenvalue weighted by Crippen LogP contribution is 2.65. The number of hydrogen-bond acceptors (Lipinski definition) is 2. The van der Waals surface area contributed by atoms with Gasteiger partial charge in [0, 0.05) is 35.4 Å². The summed E-state index contributed by atoms with van der Waals surface area (Å²) in [6, 6.07) is 72.2. The quantitative estimate of drug-likeness (QED) is 0.175. The van der Waals surface area contributed by atoms with E-state index < -0.39 is 0 Å². The monoisotopic (exact) mass is 718 g/mol. The summed E-state index contributed by atoms with van der Waals surface area (Å²) >= 11 is 0. The van der Waals surface area contributed by atoms with Crippen LogP contribution in [0.15, 0.2) is 218 Å². The molecule has 0 aliphatic heterocycles. The molecule has 8 aromatic rings. The lowest BCUT2D eigenvalue weighted by Gasteiger charge is -2.33. The van der Waals surface area contributed by atoms with Crippen molar-refractivity contribution in [3.8, 4) is 11.1 Å². The van der Waals surface area contributed by atoms with Gasteiger partial charge in [0.2, 0.25) is 0 Å². The fourth-order valence-corrected chi connectivity index (χ4v) is 9.36. The average Bonchev–Trinajstić information content (AvgIpc) is 3.75. The predicted molar refractivity (Wildman–Crippen MR) is 237 cm³/mol. The lowest BCUT2D eigenvalue weighted by Crippen LogP contribution is -2.27. The topological polar surface area (TPSA) is 6.48 Å². The summed E-state index contributed by atoms with van der Waals surface area (Å²) < 4.78 is 0. The molecule has 0 heterocycles. The average molecular weight is 719 g/mol. The van der Waals surface area contributed by atoms with E-state index in [0.717, 1.165) is 24.2 Å². The third-order valence-corrected chi connectivity index (χ3v) is 11.8. The van der Waals surface area contributed by atoms with E-state index >= 15 is 0 Å². The molecular weight excluding hydrogens is 677 g/mol. The Hall–Kier alpha value is -6.90. The zero-order valence-electron chi connectivity index (χ0n) is 31.5. The Morgan fingerprint density at radius 3 is 1.70 bits per heavy atom. The zero-order valence-corrected chi connectivity index (χ0v) is 31.5. The van der Waals surface area contributed by atoms with Crippen molar-refractivity contribution < 1.29 is 0 Å². The first-order chi connectivity index (χ1) is 27.7. The molecule has 0 fully saturated rings. The van der Waals surface area contributed by atoms with E-state index in [4.69, 9.17) is 0 Å². The standard InChI is InChI=1S/C41H29N.C13H13N/c1-2-15-30(16-3-1)42(31-26-25-28-13-4-5-14-29(28)27-31)39-24-12-23-38-40(39)34-19-8-11-22-37(34)41(38)35-20-9-6-17-32(35)33-18-7-10-21-36(33)41;1-14(12-8-4-2-5-9-12)13-10-6-3-7-11-13/h1-6,8-17,19-27H,7,18H2;2-11H,1H3. The van der Waals surface area contributed by atoms with Crippen molar-refractivity contribution in [2.24, 2.45) is 0 Å². The van der Waals surface area contributed by atoms with Crippen LogP contribution in [0.1, 0.15) is 35.1 Å². The Bertz CT molecular complexity index is 2730. The van der Waals surface area contributed by atoms with Gasteiger partial charge in [0.05, 0.1) is 11.1 Å². The minimum absolute atomic E-state index is 0.309. The van der Waals surface area contributed by atoms with E-state index in [1.165, 1.54) is 72.4 Å². The van der Waals surface area contributed by atoms with Crippen molar-refractivity contribution in [1.82, 2.24) is 0 Å². The van der Waals surface area contributed by atoms with Crippen molar-refractivity contribution >= 4 is 44.8 Å². The molecule has 56 heavy (non-hydrogen) atoms. The van der Waals surface area contributed by atoms with Crippen LogP contribution in [-0.2, 0) is 5.41 Å². The molecule has 2 nitrogen and oxygen atoms in total. The van der Waals surface area contributed by atoms with E-state index in [-0.39, 0.29) is 5.41 Å². The summed E-state index contributed by atoms with van der Waals surface area (Å²) in [7, 11) is 2.07. The molecule has 2 heteroatoms. The van der Waals surface area contributed by atoms with Crippen LogP contribution < -0.4 is 9.80 Å². The maximum absolute atomic E-state index is 2.45. The van der Waals surface area contributed by atoms with Crippen LogP contribution in [0.2, 0.25) is 0 Å². The van der Waals surface area contributed by atoms with E-state index in [1.54, 1.807) is 0 Å². The molecule has 0 radical (unpaired) electrons. The van der Waals surface area contributed by atoms with E-state index in [9.17, 15) is 0 Å². The van der Waals surface area contributed by atoms with Gasteiger partial charge in [0.1, 0.15) is 0 Å². The zero-order chi connectivity index (χ0) is 37.5. The molecule has 11 rings (SSSR count). The smallest absolute Gasteiger partial charge is 0.0722 e. The highest BCUT2D eigenvalue weighted by Gasteiger charge is 2.53. The van der Waals surface area contributed by atoms with Crippen LogP contribution in [0, 0.1) is 0 Å². The summed E-state index contributed by atoms with van der Waals surface area (Å²) in [6.45, 7) is 0. The molecule has 8 aromatic carbocycles. The predicted octanol–water partition coefficient (Wildman–Crippen LogP) is 14.2. The summed E-state index contributed by atoms with van der Waals surface area (Å²) in [5, 5.41) is 2.50. The van der Waals surface area contributed by atoms with Gasteiger partial charge in [-0.3, -0.25) is 0 Å². The van der Waals surface area contributed by atoms with Gasteiger partial charge in [-0.25, -0.2) is 0 Å². The Labute approximate surface area is 330 Å². The molecule has 0 amide bonds. The summed E-state index contributed by atoms with van der Waals surface area (Å²) in [6.07, 6.45) is 6.99. The first kappa shape index (κ1) is 33.7. The van der Waals surface area contributed by atoms with Gasteiger partial charge in [-0.15, -0.1) is 0 Å². The molecule has 0 N–H and O–H groups in total. The number of para-hydroxylation sites is 3. The van der Waals surface area contributed by atoms with Gasteiger partial charge in [0.25, 0.3) is 0 Å². The fraction of sp³-hybridized carbons (Fsp3) is 0.0741. The molecule has 1 spiro atoms. The lowest BCUT2D eigenvalue weighted by molar-refractivity contribution is 0.780. The van der Waals surface area contributed by atoms with Crippen molar-refractivity contribution in [3.63, 3.8) is 0 Å². The molecule has 0 bridgehead atoms. The molecule has 268 valence electrons. The highest BCUT2D eigenvalue weighted by molar-refractivity contribution is 6.02. The molecule has 3 aliphatic rings. The van der Waals surface area contributed by atoms with Crippen LogP contribution in [0.3, 0.4) is 0 Å². The normalized spacial score (nSPS) is 15.7. The van der Waals surface area contributed by atoms with Gasteiger partial charge in [-0.2, -0.15) is 0 Å². The van der Waals surface area contributed by atoms with E-state index in [2.05, 4.69) is 217 Å². The number of nitrogens with zero attached hydrogens (tertiary/aromatic N) is 2. The third kappa shape index (κ3) is 5.40. The Morgan fingerprint density at radius 1 is 0.446 bits per heavy atom. The molecule has 0 saturated carbocycles. The first-order valence-electron chi connectivity index (χ1n) is 19.6. The number of rotatable bonds is 5. The van der Waals surface area contributed by atoms with Crippen LogP contribution >= 0.6 is 0 Å². The maximum atomic E-state index is 2.45. The first-order valence-corrected chi connectivity index (χ1v) is 19.6. The fourth-order valence-electron chi connectivity index (χ4n) is 9.36. The number of allylic oxidation sites excluding steroid dienone is 4. The second-order valence-corrected chi connectivity index (χ2v) is 14.8. The highest BCUT2D eigenvalue weighted by atomic mass is 15.1. The minimum Gasteiger partial charge on any atom is -0.345 e. The number of anilines is 5. The molecule has 3 aliphatic carbocycles. The van der Waals surface area contributed by atoms with Gasteiger partial charge < -0.3 is 9.80 Å². The number of fused-ring (bicyclic) bond motifs is 10. The van der Waals surface area contributed by atoms with Crippen molar-refractivity contribution in [2.75, 3.05) is 16.8 Å². The minimum atomic E-state index is -0.309. The number of hydrogen-bond donors (Lipinski definition) is 0. The van der Waals surface area contributed by atoms with Gasteiger partial charge in [-0.05, 0) is 117 Å². The summed E-state index contributed by atoms with van der Waals surface area (Å²) in [5.74, 6) is 0. The van der Waals surface area contributed by atoms with Crippen molar-refractivity contribution in [2.45, 2.75) is 18.3 Å². The third-order valence-electron chi connectivity index (χ3n) is 11.8. The molecule has 1 atom stereocenters. The number of benzene rings is 8. The van der Waals surface area contributed by atoms with Gasteiger partial charge >= 0.3 is 0 Å².